The van der Waals surface area contributed by atoms with Gasteiger partial charge in [0.05, 0.1) is 26.4 Å². The van der Waals surface area contributed by atoms with Crippen LogP contribution in [0.5, 0.6) is 11.5 Å². The van der Waals surface area contributed by atoms with Crippen LogP contribution in [0.1, 0.15) is 25.8 Å². The molecular formula is C17H27NO3. The van der Waals surface area contributed by atoms with E-state index in [1.807, 2.05) is 19.9 Å². The Hall–Kier alpha value is -1.26. The van der Waals surface area contributed by atoms with Gasteiger partial charge >= 0.3 is 0 Å². The van der Waals surface area contributed by atoms with Crippen LogP contribution in [0.4, 0.5) is 0 Å². The maximum Gasteiger partial charge on any atom is 0.161 e. The topological polar surface area (TPSA) is 30.9 Å². The fourth-order valence-electron chi connectivity index (χ4n) is 2.55. The Morgan fingerprint density at radius 3 is 2.62 bits per heavy atom. The molecule has 0 spiro atoms. The van der Waals surface area contributed by atoms with E-state index < -0.39 is 0 Å². The highest BCUT2D eigenvalue weighted by molar-refractivity contribution is 5.43. The zero-order chi connectivity index (χ0) is 15.1. The SMILES string of the molecule is COc1cc(CCCN2CCOCC2)ccc1OC(C)C. The van der Waals surface area contributed by atoms with Gasteiger partial charge in [0.15, 0.2) is 11.5 Å². The molecule has 4 nitrogen and oxygen atoms in total. The van der Waals surface area contributed by atoms with Gasteiger partial charge in [-0.3, -0.25) is 4.90 Å². The Balaban J connectivity index is 1.85. The standard InChI is InChI=1S/C17H27NO3/c1-14(2)21-16-7-6-15(13-17(16)19-3)5-4-8-18-9-11-20-12-10-18/h6-7,13-14H,4-5,8-12H2,1-3H3. The second-order valence-corrected chi connectivity index (χ2v) is 5.71. The number of morpholine rings is 1. The fraction of sp³-hybridized carbons (Fsp3) is 0.647. The summed E-state index contributed by atoms with van der Waals surface area (Å²) < 4.78 is 16.5. The van der Waals surface area contributed by atoms with E-state index in [9.17, 15) is 0 Å². The average Bonchev–Trinajstić information content (AvgIpc) is 2.49. The van der Waals surface area contributed by atoms with E-state index in [0.29, 0.717) is 0 Å². The van der Waals surface area contributed by atoms with Crippen LogP contribution in [-0.2, 0) is 11.2 Å². The van der Waals surface area contributed by atoms with Crippen molar-refractivity contribution in [2.75, 3.05) is 40.0 Å². The highest BCUT2D eigenvalue weighted by Gasteiger charge is 2.11. The van der Waals surface area contributed by atoms with Gasteiger partial charge in [0, 0.05) is 13.1 Å². The maximum absolute atomic E-state index is 5.74. The van der Waals surface area contributed by atoms with Gasteiger partial charge in [0.1, 0.15) is 0 Å². The molecule has 118 valence electrons. The number of hydrogen-bond acceptors (Lipinski definition) is 4. The first kappa shape index (κ1) is 16.1. The molecule has 0 N–H and O–H groups in total. The summed E-state index contributed by atoms with van der Waals surface area (Å²) in [6.07, 6.45) is 2.38. The Bertz CT molecular complexity index is 428. The zero-order valence-electron chi connectivity index (χ0n) is 13.4. The number of rotatable bonds is 7. The quantitative estimate of drug-likeness (QED) is 0.773. The average molecular weight is 293 g/mol. The number of aryl methyl sites for hydroxylation is 1. The predicted octanol–water partition coefficient (Wildman–Crippen LogP) is 2.75. The van der Waals surface area contributed by atoms with Crippen molar-refractivity contribution >= 4 is 0 Å². The summed E-state index contributed by atoms with van der Waals surface area (Å²) in [6, 6.07) is 6.25. The van der Waals surface area contributed by atoms with E-state index >= 15 is 0 Å². The van der Waals surface area contributed by atoms with Crippen molar-refractivity contribution in [1.82, 2.24) is 4.90 Å². The molecule has 0 aliphatic carbocycles. The highest BCUT2D eigenvalue weighted by Crippen LogP contribution is 2.29. The summed E-state index contributed by atoms with van der Waals surface area (Å²) in [4.78, 5) is 2.47. The third-order valence-corrected chi connectivity index (χ3v) is 3.63. The number of nitrogens with zero attached hydrogens (tertiary/aromatic N) is 1. The van der Waals surface area contributed by atoms with E-state index in [-0.39, 0.29) is 6.10 Å². The minimum Gasteiger partial charge on any atom is -0.493 e. The number of benzene rings is 1. The molecule has 21 heavy (non-hydrogen) atoms. The molecule has 0 amide bonds. The van der Waals surface area contributed by atoms with Crippen molar-refractivity contribution in [2.24, 2.45) is 0 Å². The van der Waals surface area contributed by atoms with Gasteiger partial charge in [-0.25, -0.2) is 0 Å². The summed E-state index contributed by atoms with van der Waals surface area (Å²) in [7, 11) is 1.69. The molecule has 1 saturated heterocycles. The third kappa shape index (κ3) is 5.21. The molecule has 1 heterocycles. The van der Waals surface area contributed by atoms with Gasteiger partial charge in [-0.2, -0.15) is 0 Å². The van der Waals surface area contributed by atoms with Crippen LogP contribution in [0.15, 0.2) is 18.2 Å². The molecule has 1 aromatic rings. The summed E-state index contributed by atoms with van der Waals surface area (Å²) in [5.41, 5.74) is 1.30. The predicted molar refractivity (Wildman–Crippen MR) is 84.3 cm³/mol. The van der Waals surface area contributed by atoms with E-state index in [0.717, 1.165) is 57.2 Å². The first-order chi connectivity index (χ1) is 10.2. The van der Waals surface area contributed by atoms with Crippen LogP contribution in [0.25, 0.3) is 0 Å². The Kier molecular flexibility index (Phi) is 6.33. The van der Waals surface area contributed by atoms with Crippen LogP contribution >= 0.6 is 0 Å². The van der Waals surface area contributed by atoms with Crippen LogP contribution in [-0.4, -0.2) is 51.0 Å². The van der Waals surface area contributed by atoms with Gasteiger partial charge in [-0.15, -0.1) is 0 Å². The minimum atomic E-state index is 0.158. The molecule has 1 fully saturated rings. The normalized spacial score (nSPS) is 16.2. The monoisotopic (exact) mass is 293 g/mol. The van der Waals surface area contributed by atoms with Crippen molar-refractivity contribution in [3.63, 3.8) is 0 Å². The Labute approximate surface area is 128 Å². The van der Waals surface area contributed by atoms with E-state index in [4.69, 9.17) is 14.2 Å². The third-order valence-electron chi connectivity index (χ3n) is 3.63. The molecule has 0 saturated carbocycles. The van der Waals surface area contributed by atoms with Crippen molar-refractivity contribution in [2.45, 2.75) is 32.8 Å². The molecule has 0 atom stereocenters. The molecular weight excluding hydrogens is 266 g/mol. The fourth-order valence-corrected chi connectivity index (χ4v) is 2.55. The summed E-state index contributed by atoms with van der Waals surface area (Å²) in [5, 5.41) is 0. The summed E-state index contributed by atoms with van der Waals surface area (Å²) >= 11 is 0. The minimum absolute atomic E-state index is 0.158. The maximum atomic E-state index is 5.74. The lowest BCUT2D eigenvalue weighted by atomic mass is 10.1. The second kappa shape index (κ2) is 8.25. The van der Waals surface area contributed by atoms with Crippen molar-refractivity contribution < 1.29 is 14.2 Å². The number of hydrogen-bond donors (Lipinski definition) is 0. The summed E-state index contributed by atoms with van der Waals surface area (Å²) in [6.45, 7) is 9.04. The second-order valence-electron chi connectivity index (χ2n) is 5.71. The molecule has 0 unspecified atom stereocenters. The lowest BCUT2D eigenvalue weighted by Gasteiger charge is -2.26. The van der Waals surface area contributed by atoms with Crippen molar-refractivity contribution in [3.8, 4) is 11.5 Å². The molecule has 0 aromatic heterocycles. The first-order valence-corrected chi connectivity index (χ1v) is 7.82. The molecule has 1 aromatic carbocycles. The summed E-state index contributed by atoms with van der Waals surface area (Å²) in [5.74, 6) is 1.65. The van der Waals surface area contributed by atoms with Crippen LogP contribution < -0.4 is 9.47 Å². The van der Waals surface area contributed by atoms with Crippen LogP contribution in [0.2, 0.25) is 0 Å². The lowest BCUT2D eigenvalue weighted by molar-refractivity contribution is 0.0374. The molecule has 0 bridgehead atoms. The molecule has 0 radical (unpaired) electrons. The molecule has 1 aliphatic heterocycles. The highest BCUT2D eigenvalue weighted by atomic mass is 16.5. The van der Waals surface area contributed by atoms with Gasteiger partial charge < -0.3 is 14.2 Å². The van der Waals surface area contributed by atoms with Crippen LogP contribution in [0.3, 0.4) is 0 Å². The van der Waals surface area contributed by atoms with Gasteiger partial charge in [0.25, 0.3) is 0 Å². The largest absolute Gasteiger partial charge is 0.493 e. The molecule has 4 heteroatoms. The number of methoxy groups -OCH3 is 1. The van der Waals surface area contributed by atoms with E-state index in [1.54, 1.807) is 7.11 Å². The van der Waals surface area contributed by atoms with Crippen LogP contribution in [0, 0.1) is 0 Å². The van der Waals surface area contributed by atoms with Crippen molar-refractivity contribution in [1.29, 1.82) is 0 Å². The van der Waals surface area contributed by atoms with Gasteiger partial charge in [-0.1, -0.05) is 6.07 Å². The van der Waals surface area contributed by atoms with Gasteiger partial charge in [0.2, 0.25) is 0 Å². The smallest absolute Gasteiger partial charge is 0.161 e. The molecule has 1 aliphatic rings. The zero-order valence-corrected chi connectivity index (χ0v) is 13.4. The lowest BCUT2D eigenvalue weighted by Crippen LogP contribution is -2.36. The van der Waals surface area contributed by atoms with Gasteiger partial charge in [-0.05, 0) is 50.9 Å². The Morgan fingerprint density at radius 1 is 1.19 bits per heavy atom. The molecule has 2 rings (SSSR count). The van der Waals surface area contributed by atoms with E-state index in [2.05, 4.69) is 17.0 Å². The Morgan fingerprint density at radius 2 is 1.95 bits per heavy atom. The van der Waals surface area contributed by atoms with Crippen molar-refractivity contribution in [3.05, 3.63) is 23.8 Å². The number of ether oxygens (including phenoxy) is 3. The van der Waals surface area contributed by atoms with E-state index in [1.165, 1.54) is 5.56 Å². The first-order valence-electron chi connectivity index (χ1n) is 7.82.